The fourth-order valence-corrected chi connectivity index (χ4v) is 2.51. The molecule has 1 aliphatic rings. The first-order valence-electron chi connectivity index (χ1n) is 7.64. The summed E-state index contributed by atoms with van der Waals surface area (Å²) in [6.45, 7) is 4.30. The van der Waals surface area contributed by atoms with Gasteiger partial charge in [-0.25, -0.2) is 4.79 Å². The van der Waals surface area contributed by atoms with Gasteiger partial charge in [-0.1, -0.05) is 32.1 Å². The van der Waals surface area contributed by atoms with Crippen molar-refractivity contribution in [1.29, 1.82) is 0 Å². The van der Waals surface area contributed by atoms with Crippen LogP contribution in [0.2, 0.25) is 0 Å². The van der Waals surface area contributed by atoms with E-state index in [4.69, 9.17) is 9.15 Å². The number of nitrogens with one attached hydrogen (secondary N) is 1. The van der Waals surface area contributed by atoms with Gasteiger partial charge >= 0.3 is 5.63 Å². The Labute approximate surface area is 132 Å². The molecule has 1 aliphatic carbocycles. The van der Waals surface area contributed by atoms with E-state index < -0.39 is 5.63 Å². The number of rotatable bonds is 4. The van der Waals surface area contributed by atoms with E-state index >= 15 is 0 Å². The fourth-order valence-electron chi connectivity index (χ4n) is 2.51. The molecule has 0 spiro atoms. The molecule has 1 atom stereocenters. The standard InChI is InChI=1S/C17H18N2O4/c1-3-12-8-13(20)23-16-14(12)15(21)18-17(19-16)22-9-11-6-4-10(2)5-7-11/h4,6-8,10H,3,5,9H2,1-2H3,(H,18,19,21). The summed E-state index contributed by atoms with van der Waals surface area (Å²) in [5.41, 5.74) is 0.755. The van der Waals surface area contributed by atoms with Gasteiger partial charge in [0.25, 0.3) is 11.6 Å². The maximum absolute atomic E-state index is 12.2. The Kier molecular flexibility index (Phi) is 4.14. The first-order valence-corrected chi connectivity index (χ1v) is 7.64. The van der Waals surface area contributed by atoms with Crippen molar-refractivity contribution in [1.82, 2.24) is 9.97 Å². The van der Waals surface area contributed by atoms with Crippen LogP contribution in [0.1, 0.15) is 25.8 Å². The van der Waals surface area contributed by atoms with Crippen LogP contribution in [0, 0.1) is 5.92 Å². The van der Waals surface area contributed by atoms with Crippen LogP contribution in [-0.4, -0.2) is 16.6 Å². The van der Waals surface area contributed by atoms with Gasteiger partial charge in [0.1, 0.15) is 12.0 Å². The molecule has 120 valence electrons. The molecule has 0 amide bonds. The van der Waals surface area contributed by atoms with Crippen molar-refractivity contribution in [3.8, 4) is 6.01 Å². The van der Waals surface area contributed by atoms with Crippen molar-refractivity contribution in [3.05, 3.63) is 56.2 Å². The maximum atomic E-state index is 12.2. The lowest BCUT2D eigenvalue weighted by Crippen LogP contribution is -2.16. The number of aromatic nitrogens is 2. The zero-order valence-corrected chi connectivity index (χ0v) is 13.1. The van der Waals surface area contributed by atoms with E-state index in [0.29, 0.717) is 29.9 Å². The second-order valence-electron chi connectivity index (χ2n) is 5.64. The number of ether oxygens (including phenoxy) is 1. The number of aryl methyl sites for hydroxylation is 1. The highest BCUT2D eigenvalue weighted by Gasteiger charge is 2.13. The van der Waals surface area contributed by atoms with E-state index in [1.165, 1.54) is 6.07 Å². The second-order valence-corrected chi connectivity index (χ2v) is 5.64. The maximum Gasteiger partial charge on any atom is 0.337 e. The molecule has 1 unspecified atom stereocenters. The van der Waals surface area contributed by atoms with E-state index in [1.807, 2.05) is 13.0 Å². The van der Waals surface area contributed by atoms with E-state index in [2.05, 4.69) is 29.0 Å². The summed E-state index contributed by atoms with van der Waals surface area (Å²) in [6.07, 6.45) is 7.72. The summed E-state index contributed by atoms with van der Waals surface area (Å²) < 4.78 is 10.6. The lowest BCUT2D eigenvalue weighted by molar-refractivity contribution is 0.323. The normalized spacial score (nSPS) is 17.3. The number of H-pyrrole nitrogens is 1. The van der Waals surface area contributed by atoms with E-state index in [9.17, 15) is 9.59 Å². The minimum atomic E-state index is -0.523. The Balaban J connectivity index is 1.90. The van der Waals surface area contributed by atoms with Crippen LogP contribution in [0.25, 0.3) is 11.1 Å². The predicted octanol–water partition coefficient (Wildman–Crippen LogP) is 2.34. The number of nitrogens with zero attached hydrogens (tertiary/aromatic N) is 1. The van der Waals surface area contributed by atoms with Crippen molar-refractivity contribution in [2.24, 2.45) is 5.92 Å². The quantitative estimate of drug-likeness (QED) is 0.936. The monoisotopic (exact) mass is 314 g/mol. The Morgan fingerprint density at radius 3 is 2.96 bits per heavy atom. The zero-order chi connectivity index (χ0) is 16.4. The number of hydrogen-bond acceptors (Lipinski definition) is 5. The summed E-state index contributed by atoms with van der Waals surface area (Å²) in [5.74, 6) is 0.527. The highest BCUT2D eigenvalue weighted by molar-refractivity contribution is 5.75. The molecular weight excluding hydrogens is 296 g/mol. The Morgan fingerprint density at radius 2 is 2.26 bits per heavy atom. The van der Waals surface area contributed by atoms with Gasteiger partial charge in [0.05, 0.1) is 0 Å². The van der Waals surface area contributed by atoms with Crippen LogP contribution in [0.15, 0.2) is 43.9 Å². The highest BCUT2D eigenvalue weighted by atomic mass is 16.5. The van der Waals surface area contributed by atoms with Gasteiger partial charge in [-0.3, -0.25) is 9.78 Å². The second kappa shape index (κ2) is 6.24. The van der Waals surface area contributed by atoms with Crippen molar-refractivity contribution < 1.29 is 9.15 Å². The topological polar surface area (TPSA) is 85.2 Å². The van der Waals surface area contributed by atoms with Crippen LogP contribution >= 0.6 is 0 Å². The van der Waals surface area contributed by atoms with E-state index in [-0.39, 0.29) is 17.3 Å². The van der Waals surface area contributed by atoms with Crippen molar-refractivity contribution in [2.75, 3.05) is 6.61 Å². The lowest BCUT2D eigenvalue weighted by atomic mass is 9.99. The minimum Gasteiger partial charge on any atom is -0.460 e. The molecule has 2 aromatic rings. The number of hydrogen-bond donors (Lipinski definition) is 1. The summed E-state index contributed by atoms with van der Waals surface area (Å²) in [4.78, 5) is 30.5. The summed E-state index contributed by atoms with van der Waals surface area (Å²) in [5, 5.41) is 0.296. The largest absolute Gasteiger partial charge is 0.460 e. The molecule has 0 radical (unpaired) electrons. The molecule has 2 aromatic heterocycles. The molecule has 0 bridgehead atoms. The molecule has 6 heteroatoms. The van der Waals surface area contributed by atoms with Crippen molar-refractivity contribution in [3.63, 3.8) is 0 Å². The fraction of sp³-hybridized carbons (Fsp3) is 0.353. The van der Waals surface area contributed by atoms with Crippen molar-refractivity contribution >= 4 is 11.1 Å². The van der Waals surface area contributed by atoms with Gasteiger partial charge in [-0.15, -0.1) is 0 Å². The van der Waals surface area contributed by atoms with Gasteiger partial charge in [-0.05, 0) is 29.9 Å². The number of fused-ring (bicyclic) bond motifs is 1. The van der Waals surface area contributed by atoms with Gasteiger partial charge < -0.3 is 9.15 Å². The first kappa shape index (κ1) is 15.3. The molecule has 0 aliphatic heterocycles. The smallest absolute Gasteiger partial charge is 0.337 e. The van der Waals surface area contributed by atoms with Gasteiger partial charge in [-0.2, -0.15) is 4.98 Å². The third kappa shape index (κ3) is 3.26. The minimum absolute atomic E-state index is 0.00916. The molecule has 0 aromatic carbocycles. The molecule has 1 N–H and O–H groups in total. The summed E-state index contributed by atoms with van der Waals surface area (Å²) in [6, 6.07) is 1.37. The lowest BCUT2D eigenvalue weighted by Gasteiger charge is -2.12. The Bertz CT molecular complexity index is 905. The molecule has 6 nitrogen and oxygen atoms in total. The van der Waals surface area contributed by atoms with Crippen LogP contribution < -0.4 is 15.9 Å². The van der Waals surface area contributed by atoms with Crippen LogP contribution in [0.3, 0.4) is 0 Å². The van der Waals surface area contributed by atoms with Crippen LogP contribution in [0.5, 0.6) is 6.01 Å². The highest BCUT2D eigenvalue weighted by Crippen LogP contribution is 2.17. The SMILES string of the molecule is CCc1cc(=O)oc2nc(OCC3=CCC(C)C=C3)[nH]c(=O)c12. The van der Waals surface area contributed by atoms with Gasteiger partial charge in [0.2, 0.25) is 5.71 Å². The molecular formula is C17H18N2O4. The van der Waals surface area contributed by atoms with Crippen molar-refractivity contribution in [2.45, 2.75) is 26.7 Å². The number of aromatic amines is 1. The van der Waals surface area contributed by atoms with Crippen LogP contribution in [-0.2, 0) is 6.42 Å². The van der Waals surface area contributed by atoms with Gasteiger partial charge in [0.15, 0.2) is 0 Å². The molecule has 0 fully saturated rings. The first-order chi connectivity index (χ1) is 11.1. The Morgan fingerprint density at radius 1 is 1.43 bits per heavy atom. The number of allylic oxidation sites excluding steroid dienone is 2. The van der Waals surface area contributed by atoms with Gasteiger partial charge in [0, 0.05) is 6.07 Å². The third-order valence-electron chi connectivity index (χ3n) is 3.82. The summed E-state index contributed by atoms with van der Waals surface area (Å²) >= 11 is 0. The molecule has 23 heavy (non-hydrogen) atoms. The van der Waals surface area contributed by atoms with E-state index in [0.717, 1.165) is 12.0 Å². The predicted molar refractivity (Wildman–Crippen MR) is 86.8 cm³/mol. The molecule has 0 saturated carbocycles. The third-order valence-corrected chi connectivity index (χ3v) is 3.82. The Hall–Kier alpha value is -2.63. The average molecular weight is 314 g/mol. The molecule has 2 heterocycles. The molecule has 0 saturated heterocycles. The van der Waals surface area contributed by atoms with Crippen LogP contribution in [0.4, 0.5) is 0 Å². The molecule has 3 rings (SSSR count). The zero-order valence-electron chi connectivity index (χ0n) is 13.1. The average Bonchev–Trinajstić information content (AvgIpc) is 2.53. The van der Waals surface area contributed by atoms with E-state index in [1.54, 1.807) is 0 Å². The summed E-state index contributed by atoms with van der Waals surface area (Å²) in [7, 11) is 0.